The minimum atomic E-state index is -0.445. The maximum atomic E-state index is 12.8. The molecule has 0 radical (unpaired) electrons. The number of carbonyl (C=O) groups is 3. The quantitative estimate of drug-likeness (QED) is 0.196. The number of allylic oxidation sites excluding steroid dienone is 1. The van der Waals surface area contributed by atoms with Crippen molar-refractivity contribution in [1.82, 2.24) is 4.98 Å². The number of rotatable bonds is 9. The van der Waals surface area contributed by atoms with Gasteiger partial charge in [0.2, 0.25) is 0 Å². The average molecular weight is 548 g/mol. The highest BCUT2D eigenvalue weighted by Crippen LogP contribution is 2.25. The largest absolute Gasteiger partial charge is 0.508 e. The molecule has 3 aromatic rings. The van der Waals surface area contributed by atoms with Gasteiger partial charge in [-0.15, -0.1) is 0 Å². The molecule has 0 saturated carbocycles. The zero-order valence-corrected chi connectivity index (χ0v) is 23.9. The molecular weight excluding hydrogens is 516 g/mol. The fraction of sp³-hybridized carbons (Fsp3) is 0.103. The lowest BCUT2D eigenvalue weighted by Crippen LogP contribution is -2.14. The summed E-state index contributed by atoms with van der Waals surface area (Å²) < 4.78 is 0. The second-order valence-electron chi connectivity index (χ2n) is 8.04. The number of anilines is 2. The molecule has 196 valence electrons. The summed E-state index contributed by atoms with van der Waals surface area (Å²) in [6.07, 6.45) is 1.49. The highest BCUT2D eigenvalue weighted by atomic mass is 31.0. The van der Waals surface area contributed by atoms with E-state index in [0.717, 1.165) is 11.1 Å². The van der Waals surface area contributed by atoms with Crippen molar-refractivity contribution in [2.75, 3.05) is 10.6 Å². The number of hydrogen-bond acceptors (Lipinski definition) is 6. The van der Waals surface area contributed by atoms with Gasteiger partial charge in [0.25, 0.3) is 5.91 Å². The van der Waals surface area contributed by atoms with E-state index in [1.165, 1.54) is 12.3 Å². The van der Waals surface area contributed by atoms with Gasteiger partial charge >= 0.3 is 0 Å². The summed E-state index contributed by atoms with van der Waals surface area (Å²) >= 11 is 0. The predicted octanol–water partition coefficient (Wildman–Crippen LogP) is 7.04. The summed E-state index contributed by atoms with van der Waals surface area (Å²) in [6, 6.07) is 13.0. The van der Waals surface area contributed by atoms with Crippen molar-refractivity contribution in [2.45, 2.75) is 20.8 Å². The summed E-state index contributed by atoms with van der Waals surface area (Å²) in [6.45, 7) is 17.2. The first kappa shape index (κ1) is 30.3. The molecule has 9 heteroatoms. The summed E-state index contributed by atoms with van der Waals surface area (Å²) in [4.78, 5) is 40.6. The molecule has 0 saturated heterocycles. The van der Waals surface area contributed by atoms with E-state index in [2.05, 4.69) is 53.8 Å². The van der Waals surface area contributed by atoms with Crippen molar-refractivity contribution in [2.24, 2.45) is 0 Å². The maximum absolute atomic E-state index is 12.8. The summed E-state index contributed by atoms with van der Waals surface area (Å²) in [7, 11) is 4.20. The number of aliphatic hydroxyl groups is 1. The smallest absolute Gasteiger partial charge is 0.274 e. The Bertz CT molecular complexity index is 1260. The van der Waals surface area contributed by atoms with E-state index in [4.69, 9.17) is 0 Å². The Labute approximate surface area is 227 Å². The minimum Gasteiger partial charge on any atom is -0.508 e. The van der Waals surface area contributed by atoms with Gasteiger partial charge in [-0.25, -0.2) is 0 Å². The van der Waals surface area contributed by atoms with E-state index in [1.54, 1.807) is 42.5 Å². The standard InChI is InChI=1S/C27H25N3O4P2.C2H6/c1-14(2)18-7-20(26(33)35)12-23(9-18)30-25(32)24-6-5-17(13-28-24)15(3)29-22-10-19(16(4)31)8-21(11-22)27(34)36;1-2/h5-13,29,31H,1,3-4,35-36H2,2H3,(H,30,32);1-2H3. The van der Waals surface area contributed by atoms with Crippen LogP contribution >= 0.6 is 18.5 Å². The van der Waals surface area contributed by atoms with Crippen LogP contribution < -0.4 is 10.6 Å². The van der Waals surface area contributed by atoms with Gasteiger partial charge in [-0.3, -0.25) is 19.4 Å². The Morgan fingerprint density at radius 3 is 1.74 bits per heavy atom. The lowest BCUT2D eigenvalue weighted by molar-refractivity contribution is 0.102. The van der Waals surface area contributed by atoms with Crippen molar-refractivity contribution < 1.29 is 19.5 Å². The molecule has 1 aromatic heterocycles. The molecule has 0 aliphatic carbocycles. The fourth-order valence-electron chi connectivity index (χ4n) is 3.25. The molecule has 38 heavy (non-hydrogen) atoms. The number of amides is 1. The van der Waals surface area contributed by atoms with Gasteiger partial charge in [-0.1, -0.05) is 57.6 Å². The van der Waals surface area contributed by atoms with Crippen molar-refractivity contribution in [1.29, 1.82) is 0 Å². The molecule has 0 spiro atoms. The van der Waals surface area contributed by atoms with Gasteiger partial charge in [0.05, 0.1) is 0 Å². The molecule has 0 bridgehead atoms. The molecule has 0 aliphatic heterocycles. The van der Waals surface area contributed by atoms with Crippen LogP contribution in [0.1, 0.15) is 68.7 Å². The molecule has 2 unspecified atom stereocenters. The Morgan fingerprint density at radius 1 is 0.763 bits per heavy atom. The molecular formula is C29H31N3O4P2. The Hall–Kier alpha value is -3.92. The first-order chi connectivity index (χ1) is 17.9. The van der Waals surface area contributed by atoms with Crippen LogP contribution in [0.25, 0.3) is 17.0 Å². The van der Waals surface area contributed by atoms with E-state index in [1.807, 2.05) is 20.8 Å². The Morgan fingerprint density at radius 2 is 1.26 bits per heavy atom. The van der Waals surface area contributed by atoms with Crippen LogP contribution in [0.4, 0.5) is 11.4 Å². The molecule has 0 fully saturated rings. The SMILES string of the molecule is C=C(C)c1cc(NC(=O)c2ccc(C(=C)Nc3cc(C(=C)O)cc(C(=O)P)c3)cn2)cc(C(=O)P)c1.CC. The summed E-state index contributed by atoms with van der Waals surface area (Å²) in [5.41, 5.74) is 4.47. The lowest BCUT2D eigenvalue weighted by Gasteiger charge is -2.13. The highest BCUT2D eigenvalue weighted by Gasteiger charge is 2.13. The highest BCUT2D eigenvalue weighted by molar-refractivity contribution is 7.41. The van der Waals surface area contributed by atoms with Gasteiger partial charge in [0.1, 0.15) is 11.5 Å². The summed E-state index contributed by atoms with van der Waals surface area (Å²) in [5.74, 6) is -0.615. The average Bonchev–Trinajstić information content (AvgIpc) is 2.89. The number of aromatic nitrogens is 1. The van der Waals surface area contributed by atoms with E-state index in [-0.39, 0.29) is 22.5 Å². The number of nitrogens with one attached hydrogen (secondary N) is 2. The van der Waals surface area contributed by atoms with Crippen LogP contribution in [0.2, 0.25) is 0 Å². The predicted molar refractivity (Wildman–Crippen MR) is 164 cm³/mol. The third-order valence-corrected chi connectivity index (χ3v) is 5.83. The third-order valence-electron chi connectivity index (χ3n) is 5.16. The van der Waals surface area contributed by atoms with Gasteiger partial charge in [0.15, 0.2) is 11.0 Å². The second-order valence-corrected chi connectivity index (χ2v) is 9.09. The number of carbonyl (C=O) groups excluding carboxylic acids is 3. The van der Waals surface area contributed by atoms with Crippen molar-refractivity contribution >= 4 is 63.8 Å². The van der Waals surface area contributed by atoms with Gasteiger partial charge in [0, 0.05) is 45.5 Å². The lowest BCUT2D eigenvalue weighted by atomic mass is 10.0. The van der Waals surface area contributed by atoms with Crippen LogP contribution in [0.15, 0.2) is 74.5 Å². The number of hydrogen-bond donors (Lipinski definition) is 3. The third kappa shape index (κ3) is 8.04. The minimum absolute atomic E-state index is 0.167. The van der Waals surface area contributed by atoms with E-state index in [9.17, 15) is 19.5 Å². The van der Waals surface area contributed by atoms with Crippen LogP contribution in [0, 0.1) is 0 Å². The zero-order valence-electron chi connectivity index (χ0n) is 21.6. The fourth-order valence-corrected chi connectivity index (χ4v) is 3.58. The molecule has 2 aromatic carbocycles. The van der Waals surface area contributed by atoms with Crippen LogP contribution in [0.3, 0.4) is 0 Å². The first-order valence-electron chi connectivity index (χ1n) is 11.6. The van der Waals surface area contributed by atoms with Crippen molar-refractivity contribution in [3.8, 4) is 0 Å². The molecule has 0 aliphatic rings. The number of aliphatic hydroxyl groups excluding tert-OH is 1. The zero-order chi connectivity index (χ0) is 28.6. The van der Waals surface area contributed by atoms with Crippen molar-refractivity contribution in [3.63, 3.8) is 0 Å². The Balaban J connectivity index is 0.00000247. The second kappa shape index (κ2) is 13.6. The number of benzene rings is 2. The van der Waals surface area contributed by atoms with Crippen LogP contribution in [0.5, 0.6) is 0 Å². The Kier molecular flexibility index (Phi) is 10.8. The topological polar surface area (TPSA) is 108 Å². The molecule has 3 N–H and O–H groups in total. The molecule has 3 rings (SSSR count). The molecule has 2 atom stereocenters. The van der Waals surface area contributed by atoms with E-state index < -0.39 is 5.91 Å². The maximum Gasteiger partial charge on any atom is 0.274 e. The number of pyridine rings is 1. The molecule has 7 nitrogen and oxygen atoms in total. The van der Waals surface area contributed by atoms with Gasteiger partial charge in [-0.05, 0) is 61.0 Å². The summed E-state index contributed by atoms with van der Waals surface area (Å²) in [5, 5.41) is 15.6. The van der Waals surface area contributed by atoms with Gasteiger partial charge in [-0.2, -0.15) is 0 Å². The number of nitrogens with zero attached hydrogens (tertiary/aromatic N) is 1. The van der Waals surface area contributed by atoms with Crippen molar-refractivity contribution in [3.05, 3.63) is 108 Å². The normalized spacial score (nSPS) is 9.92. The van der Waals surface area contributed by atoms with E-state index in [0.29, 0.717) is 39.3 Å². The van der Waals surface area contributed by atoms with Gasteiger partial charge < -0.3 is 15.7 Å². The van der Waals surface area contributed by atoms with E-state index >= 15 is 0 Å². The molecule has 1 amide bonds. The first-order valence-corrected chi connectivity index (χ1v) is 12.8. The van der Waals surface area contributed by atoms with Crippen LogP contribution in [-0.2, 0) is 0 Å². The monoisotopic (exact) mass is 547 g/mol. The van der Waals surface area contributed by atoms with Crippen LogP contribution in [-0.4, -0.2) is 27.0 Å². The molecule has 1 heterocycles.